The van der Waals surface area contributed by atoms with Crippen molar-refractivity contribution in [3.05, 3.63) is 112 Å². The third kappa shape index (κ3) is 6.14. The van der Waals surface area contributed by atoms with Crippen LogP contribution < -0.4 is 14.8 Å². The fourth-order valence-corrected chi connectivity index (χ4v) is 4.69. The van der Waals surface area contributed by atoms with Crippen LogP contribution in [0.2, 0.25) is 10.0 Å². The van der Waals surface area contributed by atoms with Crippen molar-refractivity contribution in [1.29, 1.82) is 0 Å². The zero-order chi connectivity index (χ0) is 25.0. The number of rotatable bonds is 7. The van der Waals surface area contributed by atoms with Gasteiger partial charge in [-0.1, -0.05) is 59.1 Å². The maximum atomic E-state index is 12.9. The summed E-state index contributed by atoms with van der Waals surface area (Å²) in [6.07, 6.45) is 0. The van der Waals surface area contributed by atoms with E-state index < -0.39 is 15.9 Å². The lowest BCUT2D eigenvalue weighted by Gasteiger charge is -2.14. The Morgan fingerprint density at radius 3 is 2.23 bits per heavy atom. The molecule has 0 radical (unpaired) electrons. The molecule has 1 amide bonds. The highest BCUT2D eigenvalue weighted by molar-refractivity contribution is 7.92. The normalized spacial score (nSPS) is 11.1. The molecule has 4 aromatic rings. The second-order valence-electron chi connectivity index (χ2n) is 7.62. The summed E-state index contributed by atoms with van der Waals surface area (Å²) >= 11 is 12.4. The molecule has 6 nitrogen and oxygen atoms in total. The summed E-state index contributed by atoms with van der Waals surface area (Å²) in [5.41, 5.74) is 1.68. The maximum Gasteiger partial charge on any atom is 0.261 e. The van der Waals surface area contributed by atoms with Crippen LogP contribution in [0.25, 0.3) is 0 Å². The van der Waals surface area contributed by atoms with E-state index in [0.29, 0.717) is 22.2 Å². The molecule has 0 saturated heterocycles. The summed E-state index contributed by atoms with van der Waals surface area (Å²) in [4.78, 5) is 13.0. The molecule has 0 saturated carbocycles. The molecule has 4 aromatic carbocycles. The molecule has 0 aliphatic heterocycles. The summed E-state index contributed by atoms with van der Waals surface area (Å²) in [6, 6.07) is 24.7. The predicted molar refractivity (Wildman–Crippen MR) is 139 cm³/mol. The second kappa shape index (κ2) is 10.4. The summed E-state index contributed by atoms with van der Waals surface area (Å²) in [5.74, 6) is 0.529. The van der Waals surface area contributed by atoms with Gasteiger partial charge < -0.3 is 10.1 Å². The van der Waals surface area contributed by atoms with Gasteiger partial charge in [-0.15, -0.1) is 0 Å². The van der Waals surface area contributed by atoms with Crippen molar-refractivity contribution in [1.82, 2.24) is 0 Å². The van der Waals surface area contributed by atoms with E-state index in [9.17, 15) is 13.2 Å². The Hall–Kier alpha value is -3.52. The molecule has 178 valence electrons. The van der Waals surface area contributed by atoms with Crippen LogP contribution in [0.3, 0.4) is 0 Å². The Labute approximate surface area is 213 Å². The lowest BCUT2D eigenvalue weighted by molar-refractivity contribution is 0.102. The van der Waals surface area contributed by atoms with Crippen LogP contribution in [0.5, 0.6) is 11.5 Å². The first-order chi connectivity index (χ1) is 16.7. The number of carbonyl (C=O) groups excluding carboxylic acids is 1. The van der Waals surface area contributed by atoms with Crippen molar-refractivity contribution in [3.8, 4) is 11.5 Å². The number of nitrogens with one attached hydrogen (secondary N) is 2. The molecule has 2 N–H and O–H groups in total. The van der Waals surface area contributed by atoms with E-state index >= 15 is 0 Å². The number of hydrogen-bond donors (Lipinski definition) is 2. The average molecular weight is 527 g/mol. The van der Waals surface area contributed by atoms with E-state index in [0.717, 1.165) is 5.56 Å². The van der Waals surface area contributed by atoms with Crippen molar-refractivity contribution >= 4 is 50.5 Å². The second-order valence-corrected chi connectivity index (χ2v) is 10.1. The highest BCUT2D eigenvalue weighted by Crippen LogP contribution is 2.33. The highest BCUT2D eigenvalue weighted by atomic mass is 35.5. The number of hydrogen-bond acceptors (Lipinski definition) is 4. The van der Waals surface area contributed by atoms with Gasteiger partial charge >= 0.3 is 0 Å². The van der Waals surface area contributed by atoms with Crippen molar-refractivity contribution in [2.75, 3.05) is 10.0 Å². The van der Waals surface area contributed by atoms with Crippen LogP contribution >= 0.6 is 23.2 Å². The quantitative estimate of drug-likeness (QED) is 0.267. The van der Waals surface area contributed by atoms with Gasteiger partial charge in [0.05, 0.1) is 21.3 Å². The van der Waals surface area contributed by atoms with Gasteiger partial charge in [-0.25, -0.2) is 8.42 Å². The van der Waals surface area contributed by atoms with E-state index in [-0.39, 0.29) is 21.2 Å². The fraction of sp³-hybridized carbons (Fsp3) is 0.0385. The molecular formula is C26H20Cl2N2O4S. The number of sulfonamides is 1. The number of benzene rings is 4. The smallest absolute Gasteiger partial charge is 0.261 e. The Morgan fingerprint density at radius 1 is 0.829 bits per heavy atom. The first kappa shape index (κ1) is 24.6. The minimum absolute atomic E-state index is 0.0696. The Kier molecular flexibility index (Phi) is 7.31. The van der Waals surface area contributed by atoms with Crippen LogP contribution in [0.4, 0.5) is 11.4 Å². The zero-order valence-electron chi connectivity index (χ0n) is 18.5. The van der Waals surface area contributed by atoms with E-state index in [4.69, 9.17) is 27.9 Å². The average Bonchev–Trinajstić information content (AvgIpc) is 2.83. The largest absolute Gasteiger partial charge is 0.455 e. The number of para-hydroxylation sites is 1. The number of halogens is 2. The molecule has 4 rings (SSSR count). The molecule has 0 atom stereocenters. The van der Waals surface area contributed by atoms with Gasteiger partial charge in [0.25, 0.3) is 15.9 Å². The number of anilines is 2. The Balaban J connectivity index is 1.53. The standard InChI is InChI=1S/C26H20Cl2N2O4S/c1-17-7-11-21(12-8-17)35(32,33)30-23-13-9-18(15-22(23)28)26(31)29-24-16-19(27)10-14-25(24)34-20-5-3-2-4-6-20/h2-16,30H,1H3,(H,29,31). The van der Waals surface area contributed by atoms with Gasteiger partial charge in [0.1, 0.15) is 5.75 Å². The number of amides is 1. The van der Waals surface area contributed by atoms with Gasteiger partial charge in [-0.2, -0.15) is 0 Å². The highest BCUT2D eigenvalue weighted by Gasteiger charge is 2.18. The van der Waals surface area contributed by atoms with Gasteiger partial charge in [0.2, 0.25) is 0 Å². The predicted octanol–water partition coefficient (Wildman–Crippen LogP) is 7.15. The molecule has 0 fully saturated rings. The first-order valence-corrected chi connectivity index (χ1v) is 12.7. The molecule has 0 unspecified atom stereocenters. The molecule has 0 heterocycles. The molecule has 0 spiro atoms. The number of aryl methyl sites for hydroxylation is 1. The van der Waals surface area contributed by atoms with Crippen LogP contribution in [0.15, 0.2) is 95.9 Å². The lowest BCUT2D eigenvalue weighted by atomic mass is 10.2. The van der Waals surface area contributed by atoms with Gasteiger partial charge in [-0.3, -0.25) is 9.52 Å². The van der Waals surface area contributed by atoms with E-state index in [2.05, 4.69) is 10.0 Å². The molecular weight excluding hydrogens is 507 g/mol. The third-order valence-corrected chi connectivity index (χ3v) is 6.90. The number of carbonyl (C=O) groups is 1. The van der Waals surface area contributed by atoms with Crippen LogP contribution in [0, 0.1) is 6.92 Å². The summed E-state index contributed by atoms with van der Waals surface area (Å²) in [7, 11) is -3.84. The monoisotopic (exact) mass is 526 g/mol. The first-order valence-electron chi connectivity index (χ1n) is 10.4. The maximum absolute atomic E-state index is 12.9. The minimum Gasteiger partial charge on any atom is -0.455 e. The summed E-state index contributed by atoms with van der Waals surface area (Å²) in [6.45, 7) is 1.87. The van der Waals surface area contributed by atoms with Crippen LogP contribution in [0.1, 0.15) is 15.9 Å². The Morgan fingerprint density at radius 2 is 1.54 bits per heavy atom. The van der Waals surface area contributed by atoms with Crippen molar-refractivity contribution < 1.29 is 17.9 Å². The third-order valence-electron chi connectivity index (χ3n) is 4.97. The molecule has 35 heavy (non-hydrogen) atoms. The van der Waals surface area contributed by atoms with Crippen LogP contribution in [-0.4, -0.2) is 14.3 Å². The minimum atomic E-state index is -3.84. The molecule has 9 heteroatoms. The van der Waals surface area contributed by atoms with Crippen molar-refractivity contribution in [3.63, 3.8) is 0 Å². The zero-order valence-corrected chi connectivity index (χ0v) is 20.8. The van der Waals surface area contributed by atoms with E-state index in [1.54, 1.807) is 42.5 Å². The van der Waals surface area contributed by atoms with Crippen molar-refractivity contribution in [2.24, 2.45) is 0 Å². The number of ether oxygens (including phenoxy) is 1. The molecule has 0 aromatic heterocycles. The van der Waals surface area contributed by atoms with Crippen molar-refractivity contribution in [2.45, 2.75) is 11.8 Å². The molecule has 0 aliphatic carbocycles. The fourth-order valence-electron chi connectivity index (χ4n) is 3.16. The van der Waals surface area contributed by atoms with E-state index in [1.807, 2.05) is 25.1 Å². The summed E-state index contributed by atoms with van der Waals surface area (Å²) in [5, 5.41) is 3.25. The molecule has 0 aliphatic rings. The molecule has 0 bridgehead atoms. The summed E-state index contributed by atoms with van der Waals surface area (Å²) < 4.78 is 33.7. The Bertz CT molecular complexity index is 1480. The van der Waals surface area contributed by atoms with E-state index in [1.165, 1.54) is 30.3 Å². The van der Waals surface area contributed by atoms with Gasteiger partial charge in [-0.05, 0) is 67.6 Å². The van der Waals surface area contributed by atoms with Crippen LogP contribution in [-0.2, 0) is 10.0 Å². The topological polar surface area (TPSA) is 84.5 Å². The SMILES string of the molecule is Cc1ccc(S(=O)(=O)Nc2ccc(C(=O)Nc3cc(Cl)ccc3Oc3ccccc3)cc2Cl)cc1. The lowest BCUT2D eigenvalue weighted by Crippen LogP contribution is -2.15. The van der Waals surface area contributed by atoms with Gasteiger partial charge in [0.15, 0.2) is 5.75 Å². The van der Waals surface area contributed by atoms with Gasteiger partial charge in [0, 0.05) is 10.6 Å².